The highest BCUT2D eigenvalue weighted by Crippen LogP contribution is 2.19. The van der Waals surface area contributed by atoms with Crippen LogP contribution in [-0.2, 0) is 4.74 Å². The molecule has 2 N–H and O–H groups in total. The van der Waals surface area contributed by atoms with E-state index >= 15 is 0 Å². The van der Waals surface area contributed by atoms with Gasteiger partial charge in [0.25, 0.3) is 0 Å². The molecule has 2 aliphatic rings. The van der Waals surface area contributed by atoms with Crippen molar-refractivity contribution in [3.05, 3.63) is 0 Å². The van der Waals surface area contributed by atoms with E-state index in [1.807, 2.05) is 7.05 Å². The van der Waals surface area contributed by atoms with Crippen LogP contribution in [0.2, 0.25) is 0 Å². The van der Waals surface area contributed by atoms with Crippen molar-refractivity contribution in [3.63, 3.8) is 0 Å². The van der Waals surface area contributed by atoms with E-state index in [1.165, 1.54) is 38.8 Å². The Morgan fingerprint density at radius 3 is 2.44 bits per heavy atom. The topological polar surface area (TPSA) is 52.1 Å². The van der Waals surface area contributed by atoms with Crippen LogP contribution in [0.25, 0.3) is 0 Å². The fourth-order valence-corrected chi connectivity index (χ4v) is 4.44. The van der Waals surface area contributed by atoms with Crippen LogP contribution in [0.4, 0.5) is 0 Å². The molecular weight excluding hydrogens is 453 g/mol. The third kappa shape index (κ3) is 8.41. The number of nitrogens with one attached hydrogen (secondary N) is 2. The van der Waals surface area contributed by atoms with Gasteiger partial charge in [-0.05, 0) is 38.3 Å². The lowest BCUT2D eigenvalue weighted by Crippen LogP contribution is -2.53. The Balaban J connectivity index is 0.00000364. The van der Waals surface area contributed by atoms with E-state index in [9.17, 15) is 0 Å². The van der Waals surface area contributed by atoms with Crippen LogP contribution in [0, 0.1) is 11.8 Å². The van der Waals surface area contributed by atoms with Crippen LogP contribution >= 0.6 is 24.0 Å². The normalized spacial score (nSPS) is 23.7. The highest BCUT2D eigenvalue weighted by atomic mass is 127. The minimum Gasteiger partial charge on any atom is -0.379 e. The van der Waals surface area contributed by atoms with Crippen molar-refractivity contribution in [3.8, 4) is 0 Å². The monoisotopic (exact) mass is 495 g/mol. The Morgan fingerprint density at radius 2 is 1.85 bits per heavy atom. The molecule has 160 valence electrons. The standard InChI is InChI=1S/C20H41N5O.HI/c1-5-18(6-2)19(25-10-12-26-13-11-25)15-23-20(21-3)22-14-17-8-7-9-24(4)16-17;/h17-19H,5-16H2,1-4H3,(H2,21,22,23);1H. The number of halogens is 1. The predicted molar refractivity (Wildman–Crippen MR) is 125 cm³/mol. The van der Waals surface area contributed by atoms with Crippen LogP contribution in [0.1, 0.15) is 39.5 Å². The summed E-state index contributed by atoms with van der Waals surface area (Å²) in [5.41, 5.74) is 0. The van der Waals surface area contributed by atoms with Crippen molar-refractivity contribution in [1.82, 2.24) is 20.4 Å². The molecule has 0 aliphatic carbocycles. The van der Waals surface area contributed by atoms with Gasteiger partial charge in [0.05, 0.1) is 13.2 Å². The van der Waals surface area contributed by atoms with Crippen LogP contribution in [-0.4, -0.2) is 88.4 Å². The summed E-state index contributed by atoms with van der Waals surface area (Å²) in [5.74, 6) is 2.38. The number of piperidine rings is 1. The number of hydrogen-bond acceptors (Lipinski definition) is 4. The molecule has 2 aliphatic heterocycles. The van der Waals surface area contributed by atoms with Gasteiger partial charge in [-0.2, -0.15) is 0 Å². The molecule has 0 saturated carbocycles. The molecule has 2 saturated heterocycles. The molecule has 7 heteroatoms. The summed E-state index contributed by atoms with van der Waals surface area (Å²) in [6.45, 7) is 12.8. The minimum absolute atomic E-state index is 0. The van der Waals surface area contributed by atoms with E-state index in [4.69, 9.17) is 4.74 Å². The Morgan fingerprint density at radius 1 is 1.15 bits per heavy atom. The summed E-state index contributed by atoms with van der Waals surface area (Å²) in [6.07, 6.45) is 5.07. The van der Waals surface area contributed by atoms with E-state index in [0.717, 1.165) is 51.3 Å². The maximum Gasteiger partial charge on any atom is 0.191 e. The van der Waals surface area contributed by atoms with E-state index < -0.39 is 0 Å². The van der Waals surface area contributed by atoms with Gasteiger partial charge in [-0.1, -0.05) is 26.7 Å². The Hall–Kier alpha value is -0.120. The first kappa shape index (κ1) is 24.9. The second kappa shape index (κ2) is 14.0. The quantitative estimate of drug-likeness (QED) is 0.308. The summed E-state index contributed by atoms with van der Waals surface area (Å²) >= 11 is 0. The van der Waals surface area contributed by atoms with Crippen molar-refractivity contribution in [2.75, 3.05) is 66.6 Å². The van der Waals surface area contributed by atoms with Gasteiger partial charge in [-0.3, -0.25) is 9.89 Å². The highest BCUT2D eigenvalue weighted by molar-refractivity contribution is 14.0. The molecule has 2 atom stereocenters. The molecule has 2 fully saturated rings. The molecule has 0 bridgehead atoms. The lowest BCUT2D eigenvalue weighted by atomic mass is 9.92. The molecular formula is C20H42IN5O. The van der Waals surface area contributed by atoms with Gasteiger partial charge >= 0.3 is 0 Å². The zero-order valence-electron chi connectivity index (χ0n) is 17.9. The summed E-state index contributed by atoms with van der Waals surface area (Å²) in [5, 5.41) is 7.17. The molecule has 0 aromatic heterocycles. The first-order valence-electron chi connectivity index (χ1n) is 10.6. The van der Waals surface area contributed by atoms with Crippen LogP contribution in [0.15, 0.2) is 4.99 Å². The average molecular weight is 495 g/mol. The smallest absolute Gasteiger partial charge is 0.191 e. The molecule has 27 heavy (non-hydrogen) atoms. The molecule has 0 aromatic carbocycles. The lowest BCUT2D eigenvalue weighted by molar-refractivity contribution is 0.00271. The fraction of sp³-hybridized carbons (Fsp3) is 0.950. The first-order chi connectivity index (χ1) is 12.7. The number of rotatable bonds is 8. The average Bonchev–Trinajstić information content (AvgIpc) is 2.68. The van der Waals surface area contributed by atoms with Crippen molar-refractivity contribution in [1.29, 1.82) is 0 Å². The van der Waals surface area contributed by atoms with E-state index in [-0.39, 0.29) is 24.0 Å². The van der Waals surface area contributed by atoms with Gasteiger partial charge in [0.1, 0.15) is 0 Å². The SMILES string of the molecule is CCC(CC)C(CNC(=NC)NCC1CCCN(C)C1)N1CCOCC1.I. The maximum atomic E-state index is 5.56. The summed E-state index contributed by atoms with van der Waals surface area (Å²) in [4.78, 5) is 9.50. The first-order valence-corrected chi connectivity index (χ1v) is 10.6. The number of guanidine groups is 1. The van der Waals surface area contributed by atoms with Crippen LogP contribution < -0.4 is 10.6 Å². The van der Waals surface area contributed by atoms with E-state index in [1.54, 1.807) is 0 Å². The second-order valence-corrected chi connectivity index (χ2v) is 7.90. The summed E-state index contributed by atoms with van der Waals surface area (Å²) < 4.78 is 5.56. The van der Waals surface area contributed by atoms with E-state index in [2.05, 4.69) is 46.3 Å². The van der Waals surface area contributed by atoms with E-state index in [0.29, 0.717) is 12.0 Å². The molecule has 0 amide bonds. The molecule has 0 radical (unpaired) electrons. The Bertz CT molecular complexity index is 413. The van der Waals surface area contributed by atoms with Crippen molar-refractivity contribution in [2.24, 2.45) is 16.8 Å². The maximum absolute atomic E-state index is 5.56. The fourth-order valence-electron chi connectivity index (χ4n) is 4.44. The zero-order valence-corrected chi connectivity index (χ0v) is 20.2. The van der Waals surface area contributed by atoms with Crippen LogP contribution in [0.5, 0.6) is 0 Å². The van der Waals surface area contributed by atoms with Gasteiger partial charge < -0.3 is 20.3 Å². The number of likely N-dealkylation sites (tertiary alicyclic amines) is 1. The molecule has 2 heterocycles. The molecule has 0 spiro atoms. The van der Waals surface area contributed by atoms with Gasteiger partial charge in [0.15, 0.2) is 5.96 Å². The van der Waals surface area contributed by atoms with Gasteiger partial charge in [0, 0.05) is 45.8 Å². The second-order valence-electron chi connectivity index (χ2n) is 7.90. The van der Waals surface area contributed by atoms with Crippen molar-refractivity contribution in [2.45, 2.75) is 45.6 Å². The number of ether oxygens (including phenoxy) is 1. The Labute approximate surface area is 183 Å². The highest BCUT2D eigenvalue weighted by Gasteiger charge is 2.27. The van der Waals surface area contributed by atoms with Crippen molar-refractivity contribution >= 4 is 29.9 Å². The van der Waals surface area contributed by atoms with Gasteiger partial charge in [0.2, 0.25) is 0 Å². The molecule has 2 unspecified atom stereocenters. The molecule has 0 aromatic rings. The minimum atomic E-state index is 0. The third-order valence-electron chi connectivity index (χ3n) is 6.09. The predicted octanol–water partition coefficient (Wildman–Crippen LogP) is 2.25. The Kier molecular flexibility index (Phi) is 12.9. The van der Waals surface area contributed by atoms with Gasteiger partial charge in [-0.25, -0.2) is 0 Å². The zero-order chi connectivity index (χ0) is 18.8. The summed E-state index contributed by atoms with van der Waals surface area (Å²) in [6, 6.07) is 0.549. The largest absolute Gasteiger partial charge is 0.379 e. The molecule has 2 rings (SSSR count). The third-order valence-corrected chi connectivity index (χ3v) is 6.09. The number of nitrogens with zero attached hydrogens (tertiary/aromatic N) is 3. The number of hydrogen-bond donors (Lipinski definition) is 2. The number of aliphatic imine (C=N–C) groups is 1. The number of morpholine rings is 1. The lowest BCUT2D eigenvalue weighted by Gasteiger charge is -2.39. The molecule has 6 nitrogen and oxygen atoms in total. The van der Waals surface area contributed by atoms with Gasteiger partial charge in [-0.15, -0.1) is 24.0 Å². The van der Waals surface area contributed by atoms with Crippen molar-refractivity contribution < 1.29 is 4.74 Å². The van der Waals surface area contributed by atoms with Crippen LogP contribution in [0.3, 0.4) is 0 Å². The summed E-state index contributed by atoms with van der Waals surface area (Å²) in [7, 11) is 4.10.